The minimum atomic E-state index is -4.33. The first-order valence-corrected chi connectivity index (χ1v) is 7.18. The molecule has 0 fully saturated rings. The first-order valence-electron chi connectivity index (χ1n) is 7.18. The Morgan fingerprint density at radius 2 is 1.92 bits per heavy atom. The second kappa shape index (κ2) is 6.77. The first-order chi connectivity index (χ1) is 11.5. The predicted octanol–water partition coefficient (Wildman–Crippen LogP) is 2.46. The SMILES string of the molecule is FC(F)(F)Cn1ncnc1CCCc1nc(-c2ccncc2)no1. The van der Waals surface area contributed by atoms with Gasteiger partial charge in [-0.3, -0.25) is 4.98 Å². The molecule has 0 atom stereocenters. The number of alkyl halides is 3. The molecule has 0 amide bonds. The van der Waals surface area contributed by atoms with Gasteiger partial charge < -0.3 is 4.52 Å². The third kappa shape index (κ3) is 4.15. The van der Waals surface area contributed by atoms with E-state index in [1.54, 1.807) is 24.5 Å². The molecule has 3 aromatic heterocycles. The summed E-state index contributed by atoms with van der Waals surface area (Å²) >= 11 is 0. The van der Waals surface area contributed by atoms with E-state index in [-0.39, 0.29) is 5.82 Å². The minimum absolute atomic E-state index is 0.279. The van der Waals surface area contributed by atoms with E-state index in [1.165, 1.54) is 0 Å². The zero-order valence-corrected chi connectivity index (χ0v) is 12.4. The van der Waals surface area contributed by atoms with Crippen molar-refractivity contribution in [3.8, 4) is 11.4 Å². The van der Waals surface area contributed by atoms with Crippen LogP contribution in [0.1, 0.15) is 18.1 Å². The smallest absolute Gasteiger partial charge is 0.339 e. The molecule has 0 spiro atoms. The standard InChI is InChI=1S/C14H13F3N6O/c15-14(16,17)8-23-11(19-9-20-23)2-1-3-12-21-13(22-24-12)10-4-6-18-7-5-10/h4-7,9H,1-3,8H2. The van der Waals surface area contributed by atoms with Gasteiger partial charge in [0.05, 0.1) is 0 Å². The molecule has 0 saturated heterocycles. The highest BCUT2D eigenvalue weighted by atomic mass is 19.4. The molecule has 24 heavy (non-hydrogen) atoms. The number of hydrogen-bond donors (Lipinski definition) is 0. The number of nitrogens with zero attached hydrogens (tertiary/aromatic N) is 6. The van der Waals surface area contributed by atoms with Crippen LogP contribution < -0.4 is 0 Å². The molecule has 126 valence electrons. The van der Waals surface area contributed by atoms with Crippen molar-refractivity contribution < 1.29 is 17.7 Å². The predicted molar refractivity (Wildman–Crippen MR) is 75.6 cm³/mol. The normalized spacial score (nSPS) is 11.8. The Morgan fingerprint density at radius 1 is 1.12 bits per heavy atom. The van der Waals surface area contributed by atoms with Gasteiger partial charge in [-0.25, -0.2) is 9.67 Å². The summed E-state index contributed by atoms with van der Waals surface area (Å²) in [7, 11) is 0. The lowest BCUT2D eigenvalue weighted by atomic mass is 10.2. The quantitative estimate of drug-likeness (QED) is 0.687. The van der Waals surface area contributed by atoms with Crippen molar-refractivity contribution in [3.63, 3.8) is 0 Å². The fourth-order valence-electron chi connectivity index (χ4n) is 2.16. The van der Waals surface area contributed by atoms with E-state index in [2.05, 4.69) is 25.2 Å². The van der Waals surface area contributed by atoms with Crippen LogP contribution in [0, 0.1) is 0 Å². The van der Waals surface area contributed by atoms with Crippen LogP contribution in [0.3, 0.4) is 0 Å². The maximum absolute atomic E-state index is 12.4. The summed E-state index contributed by atoms with van der Waals surface area (Å²) < 4.78 is 43.3. The highest BCUT2D eigenvalue weighted by Gasteiger charge is 2.29. The van der Waals surface area contributed by atoms with Gasteiger partial charge in [-0.2, -0.15) is 23.3 Å². The number of aryl methyl sites for hydroxylation is 2. The zero-order valence-electron chi connectivity index (χ0n) is 12.4. The highest BCUT2D eigenvalue weighted by molar-refractivity contribution is 5.52. The third-order valence-corrected chi connectivity index (χ3v) is 3.22. The molecule has 0 aromatic carbocycles. The fraction of sp³-hybridized carbons (Fsp3) is 0.357. The highest BCUT2D eigenvalue weighted by Crippen LogP contribution is 2.18. The number of pyridine rings is 1. The van der Waals surface area contributed by atoms with Gasteiger partial charge in [0.2, 0.25) is 11.7 Å². The van der Waals surface area contributed by atoms with E-state index in [0.717, 1.165) is 16.6 Å². The molecule has 0 radical (unpaired) electrons. The van der Waals surface area contributed by atoms with Gasteiger partial charge in [-0.05, 0) is 18.6 Å². The molecular weight excluding hydrogens is 325 g/mol. The van der Waals surface area contributed by atoms with E-state index >= 15 is 0 Å². The van der Waals surface area contributed by atoms with Crippen molar-refractivity contribution in [2.45, 2.75) is 32.0 Å². The average Bonchev–Trinajstić information content (AvgIpc) is 3.17. The Morgan fingerprint density at radius 3 is 2.67 bits per heavy atom. The Bertz CT molecular complexity index is 783. The molecule has 7 nitrogen and oxygen atoms in total. The Balaban J connectivity index is 1.56. The van der Waals surface area contributed by atoms with Crippen LogP contribution in [0.4, 0.5) is 13.2 Å². The Labute approximate surface area is 134 Å². The Kier molecular flexibility index (Phi) is 4.54. The molecule has 3 rings (SSSR count). The van der Waals surface area contributed by atoms with E-state index < -0.39 is 12.7 Å². The van der Waals surface area contributed by atoms with E-state index in [9.17, 15) is 13.2 Å². The number of hydrogen-bond acceptors (Lipinski definition) is 6. The number of rotatable bonds is 6. The molecule has 10 heteroatoms. The fourth-order valence-corrected chi connectivity index (χ4v) is 2.16. The van der Waals surface area contributed by atoms with Crippen LogP contribution in [0.15, 0.2) is 35.4 Å². The van der Waals surface area contributed by atoms with Crippen LogP contribution in [-0.4, -0.2) is 36.1 Å². The van der Waals surface area contributed by atoms with Gasteiger partial charge in [-0.15, -0.1) is 0 Å². The lowest BCUT2D eigenvalue weighted by Gasteiger charge is -2.08. The monoisotopic (exact) mass is 338 g/mol. The summed E-state index contributed by atoms with van der Waals surface area (Å²) in [5.74, 6) is 1.15. The third-order valence-electron chi connectivity index (χ3n) is 3.22. The maximum Gasteiger partial charge on any atom is 0.408 e. The summed E-state index contributed by atoms with van der Waals surface area (Å²) in [5.41, 5.74) is 0.782. The summed E-state index contributed by atoms with van der Waals surface area (Å²) in [6.45, 7) is -1.14. The van der Waals surface area contributed by atoms with Gasteiger partial charge in [0.15, 0.2) is 0 Å². The molecular formula is C14H13F3N6O. The molecule has 3 heterocycles. The van der Waals surface area contributed by atoms with Crippen molar-refractivity contribution in [2.24, 2.45) is 0 Å². The van der Waals surface area contributed by atoms with Crippen molar-refractivity contribution in [1.82, 2.24) is 29.9 Å². The summed E-state index contributed by atoms with van der Waals surface area (Å²) in [6, 6.07) is 3.52. The van der Waals surface area contributed by atoms with Crippen molar-refractivity contribution >= 4 is 0 Å². The largest absolute Gasteiger partial charge is 0.408 e. The molecule has 0 bridgehead atoms. The van der Waals surface area contributed by atoms with Crippen molar-refractivity contribution in [3.05, 3.63) is 42.6 Å². The maximum atomic E-state index is 12.4. The van der Waals surface area contributed by atoms with Gasteiger partial charge in [-0.1, -0.05) is 5.16 Å². The van der Waals surface area contributed by atoms with Gasteiger partial charge in [0.25, 0.3) is 0 Å². The summed E-state index contributed by atoms with van der Waals surface area (Å²) in [4.78, 5) is 12.0. The van der Waals surface area contributed by atoms with Gasteiger partial charge >= 0.3 is 6.18 Å². The molecule has 0 saturated carbocycles. The lowest BCUT2D eigenvalue weighted by Crippen LogP contribution is -2.20. The second-order valence-corrected chi connectivity index (χ2v) is 5.05. The van der Waals surface area contributed by atoms with Crippen LogP contribution in [0.2, 0.25) is 0 Å². The average molecular weight is 338 g/mol. The summed E-state index contributed by atoms with van der Waals surface area (Å²) in [6.07, 6.45) is 1.34. The molecule has 0 aliphatic carbocycles. The lowest BCUT2D eigenvalue weighted by molar-refractivity contribution is -0.143. The van der Waals surface area contributed by atoms with Crippen LogP contribution >= 0.6 is 0 Å². The van der Waals surface area contributed by atoms with Crippen LogP contribution in [-0.2, 0) is 19.4 Å². The Hall–Kier alpha value is -2.78. The number of aromatic nitrogens is 6. The second-order valence-electron chi connectivity index (χ2n) is 5.05. The molecule has 0 aliphatic rings. The van der Waals surface area contributed by atoms with Crippen molar-refractivity contribution in [2.75, 3.05) is 0 Å². The molecule has 0 aliphatic heterocycles. The topological polar surface area (TPSA) is 82.5 Å². The molecule has 0 unspecified atom stereocenters. The zero-order chi connectivity index (χ0) is 17.0. The first kappa shape index (κ1) is 16.1. The van der Waals surface area contributed by atoms with E-state index in [1.807, 2.05) is 0 Å². The summed E-state index contributed by atoms with van der Waals surface area (Å²) in [5, 5.41) is 7.47. The number of halogens is 3. The molecule has 0 N–H and O–H groups in total. The van der Waals surface area contributed by atoms with Crippen LogP contribution in [0.25, 0.3) is 11.4 Å². The van der Waals surface area contributed by atoms with Crippen LogP contribution in [0.5, 0.6) is 0 Å². The van der Waals surface area contributed by atoms with Gasteiger partial charge in [0, 0.05) is 30.8 Å². The van der Waals surface area contributed by atoms with Gasteiger partial charge in [0.1, 0.15) is 18.7 Å². The van der Waals surface area contributed by atoms with E-state index in [4.69, 9.17) is 4.52 Å². The molecule has 3 aromatic rings. The van der Waals surface area contributed by atoms with Crippen molar-refractivity contribution in [1.29, 1.82) is 0 Å². The van der Waals surface area contributed by atoms with E-state index in [0.29, 0.717) is 31.0 Å². The minimum Gasteiger partial charge on any atom is -0.339 e.